The summed E-state index contributed by atoms with van der Waals surface area (Å²) in [5.74, 6) is -0.115. The van der Waals surface area contributed by atoms with E-state index in [0.717, 1.165) is 37.8 Å². The van der Waals surface area contributed by atoms with Crippen LogP contribution in [0.1, 0.15) is 48.7 Å². The number of hydrogen-bond acceptors (Lipinski definition) is 3. The summed E-state index contributed by atoms with van der Waals surface area (Å²) in [4.78, 5) is 12.3. The van der Waals surface area contributed by atoms with Gasteiger partial charge in [-0.3, -0.25) is 9.48 Å². The molecule has 0 aromatic carbocycles. The van der Waals surface area contributed by atoms with E-state index >= 15 is 0 Å². The summed E-state index contributed by atoms with van der Waals surface area (Å²) in [6.07, 6.45) is 6.32. The average molecular weight is 251 g/mol. The third-order valence-electron chi connectivity index (χ3n) is 3.73. The molecular weight excluding hydrogens is 230 g/mol. The Morgan fingerprint density at radius 1 is 1.56 bits per heavy atom. The molecule has 0 spiro atoms. The van der Waals surface area contributed by atoms with Crippen LogP contribution in [-0.2, 0) is 13.5 Å². The van der Waals surface area contributed by atoms with Crippen LogP contribution in [0.3, 0.4) is 0 Å². The highest BCUT2D eigenvalue weighted by atomic mass is 16.3. The van der Waals surface area contributed by atoms with Gasteiger partial charge in [0.25, 0.3) is 5.91 Å². The number of aryl methyl sites for hydroxylation is 2. The van der Waals surface area contributed by atoms with Gasteiger partial charge in [0.2, 0.25) is 0 Å². The number of nitrogens with one attached hydrogen (secondary N) is 1. The fourth-order valence-electron chi connectivity index (χ4n) is 2.67. The minimum absolute atomic E-state index is 0.0143. The lowest BCUT2D eigenvalue weighted by molar-refractivity contribution is 0.0837. The summed E-state index contributed by atoms with van der Waals surface area (Å²) in [7, 11) is 1.81. The molecule has 0 unspecified atom stereocenters. The van der Waals surface area contributed by atoms with Crippen molar-refractivity contribution in [1.29, 1.82) is 0 Å². The van der Waals surface area contributed by atoms with E-state index in [1.54, 1.807) is 10.9 Å². The Kier molecular flexibility index (Phi) is 3.71. The van der Waals surface area contributed by atoms with Crippen molar-refractivity contribution >= 4 is 5.91 Å². The molecule has 1 amide bonds. The largest absolute Gasteiger partial charge is 0.394 e. The van der Waals surface area contributed by atoms with Gasteiger partial charge >= 0.3 is 0 Å². The van der Waals surface area contributed by atoms with Gasteiger partial charge in [-0.15, -0.1) is 0 Å². The lowest BCUT2D eigenvalue weighted by Crippen LogP contribution is -2.49. The smallest absolute Gasteiger partial charge is 0.255 e. The average Bonchev–Trinajstić information content (AvgIpc) is 2.96. The summed E-state index contributed by atoms with van der Waals surface area (Å²) in [6.45, 7) is 2.00. The third kappa shape index (κ3) is 2.41. The number of nitrogens with zero attached hydrogens (tertiary/aromatic N) is 2. The molecule has 0 saturated heterocycles. The maximum atomic E-state index is 12.3. The SMILES string of the molecule is CCc1nn(C)cc1C(=O)NC1(CO)CCCC1. The molecule has 1 aromatic rings. The van der Waals surface area contributed by atoms with Crippen LogP contribution in [-0.4, -0.2) is 32.9 Å². The quantitative estimate of drug-likeness (QED) is 0.839. The zero-order chi connectivity index (χ0) is 13.2. The van der Waals surface area contributed by atoms with E-state index in [1.165, 1.54) is 0 Å². The van der Waals surface area contributed by atoms with E-state index in [4.69, 9.17) is 0 Å². The van der Waals surface area contributed by atoms with Gasteiger partial charge < -0.3 is 10.4 Å². The van der Waals surface area contributed by atoms with Crippen LogP contribution in [0.5, 0.6) is 0 Å². The van der Waals surface area contributed by atoms with E-state index in [0.29, 0.717) is 5.56 Å². The second kappa shape index (κ2) is 5.10. The molecular formula is C13H21N3O2. The summed E-state index contributed by atoms with van der Waals surface area (Å²) in [5.41, 5.74) is 1.01. The van der Waals surface area contributed by atoms with Gasteiger partial charge in [-0.2, -0.15) is 5.10 Å². The maximum absolute atomic E-state index is 12.3. The number of rotatable bonds is 4. The lowest BCUT2D eigenvalue weighted by Gasteiger charge is -2.27. The van der Waals surface area contributed by atoms with Crippen LogP contribution in [0, 0.1) is 0 Å². The molecule has 5 nitrogen and oxygen atoms in total. The van der Waals surface area contributed by atoms with Crippen LogP contribution in [0.25, 0.3) is 0 Å². The number of carbonyl (C=O) groups is 1. The predicted octanol–water partition coefficient (Wildman–Crippen LogP) is 1.02. The summed E-state index contributed by atoms with van der Waals surface area (Å²) >= 11 is 0. The topological polar surface area (TPSA) is 67.2 Å². The Balaban J connectivity index is 2.16. The fraction of sp³-hybridized carbons (Fsp3) is 0.692. The first-order chi connectivity index (χ1) is 8.60. The van der Waals surface area contributed by atoms with Crippen molar-refractivity contribution in [1.82, 2.24) is 15.1 Å². The Morgan fingerprint density at radius 3 is 2.78 bits per heavy atom. The number of aliphatic hydroxyl groups is 1. The van der Waals surface area contributed by atoms with E-state index in [1.807, 2.05) is 14.0 Å². The van der Waals surface area contributed by atoms with Crippen molar-refractivity contribution in [2.45, 2.75) is 44.6 Å². The van der Waals surface area contributed by atoms with Crippen molar-refractivity contribution in [2.24, 2.45) is 7.05 Å². The van der Waals surface area contributed by atoms with Crippen LogP contribution >= 0.6 is 0 Å². The summed E-state index contributed by atoms with van der Waals surface area (Å²) in [5, 5.41) is 16.8. The van der Waals surface area contributed by atoms with Crippen LogP contribution in [0.15, 0.2) is 6.20 Å². The van der Waals surface area contributed by atoms with Gasteiger partial charge in [-0.05, 0) is 19.3 Å². The minimum Gasteiger partial charge on any atom is -0.394 e. The molecule has 1 fully saturated rings. The van der Waals surface area contributed by atoms with Gasteiger partial charge in [0.1, 0.15) is 0 Å². The highest BCUT2D eigenvalue weighted by molar-refractivity contribution is 5.95. The monoisotopic (exact) mass is 251 g/mol. The van der Waals surface area contributed by atoms with Gasteiger partial charge in [-0.1, -0.05) is 19.8 Å². The number of amides is 1. The van der Waals surface area contributed by atoms with Crippen molar-refractivity contribution in [3.63, 3.8) is 0 Å². The Hall–Kier alpha value is -1.36. The second-order valence-corrected chi connectivity index (χ2v) is 5.12. The summed E-state index contributed by atoms with van der Waals surface area (Å²) < 4.78 is 1.66. The van der Waals surface area contributed by atoms with E-state index in [-0.39, 0.29) is 12.5 Å². The first-order valence-corrected chi connectivity index (χ1v) is 6.56. The molecule has 0 radical (unpaired) electrons. The van der Waals surface area contributed by atoms with Crippen molar-refractivity contribution in [2.75, 3.05) is 6.61 Å². The number of aromatic nitrogens is 2. The Labute approximate surface area is 107 Å². The normalized spacial score (nSPS) is 17.9. The molecule has 0 bridgehead atoms. The van der Waals surface area contributed by atoms with Gasteiger partial charge in [-0.25, -0.2) is 0 Å². The molecule has 5 heteroatoms. The first-order valence-electron chi connectivity index (χ1n) is 6.56. The highest BCUT2D eigenvalue weighted by Gasteiger charge is 2.35. The zero-order valence-corrected chi connectivity index (χ0v) is 11.1. The molecule has 1 aliphatic rings. The molecule has 0 atom stereocenters. The van der Waals surface area contributed by atoms with Crippen LogP contribution in [0.2, 0.25) is 0 Å². The van der Waals surface area contributed by atoms with Crippen molar-refractivity contribution in [3.8, 4) is 0 Å². The molecule has 1 aliphatic carbocycles. The Bertz CT molecular complexity index is 433. The number of carbonyl (C=O) groups excluding carboxylic acids is 1. The van der Waals surface area contributed by atoms with Crippen molar-refractivity contribution in [3.05, 3.63) is 17.5 Å². The minimum atomic E-state index is -0.419. The van der Waals surface area contributed by atoms with Crippen LogP contribution in [0.4, 0.5) is 0 Å². The van der Waals surface area contributed by atoms with E-state index in [2.05, 4.69) is 10.4 Å². The molecule has 100 valence electrons. The fourth-order valence-corrected chi connectivity index (χ4v) is 2.67. The maximum Gasteiger partial charge on any atom is 0.255 e. The van der Waals surface area contributed by atoms with E-state index < -0.39 is 5.54 Å². The summed E-state index contributed by atoms with van der Waals surface area (Å²) in [6, 6.07) is 0. The number of aliphatic hydroxyl groups excluding tert-OH is 1. The molecule has 18 heavy (non-hydrogen) atoms. The molecule has 1 saturated carbocycles. The molecule has 0 aliphatic heterocycles. The molecule has 1 aromatic heterocycles. The van der Waals surface area contributed by atoms with E-state index in [9.17, 15) is 9.90 Å². The second-order valence-electron chi connectivity index (χ2n) is 5.12. The first kappa shape index (κ1) is 13.1. The highest BCUT2D eigenvalue weighted by Crippen LogP contribution is 2.29. The van der Waals surface area contributed by atoms with Crippen molar-refractivity contribution < 1.29 is 9.90 Å². The van der Waals surface area contributed by atoms with Gasteiger partial charge in [0.15, 0.2) is 0 Å². The Morgan fingerprint density at radius 2 is 2.22 bits per heavy atom. The zero-order valence-electron chi connectivity index (χ0n) is 11.1. The number of hydrogen-bond donors (Lipinski definition) is 2. The third-order valence-corrected chi connectivity index (χ3v) is 3.73. The molecule has 2 rings (SSSR count). The van der Waals surface area contributed by atoms with Crippen LogP contribution < -0.4 is 5.32 Å². The standard InChI is InChI=1S/C13H21N3O2/c1-3-11-10(8-16(2)15-11)12(18)14-13(9-17)6-4-5-7-13/h8,17H,3-7,9H2,1-2H3,(H,14,18). The lowest BCUT2D eigenvalue weighted by atomic mass is 9.98. The van der Waals surface area contributed by atoms with Gasteiger partial charge in [0, 0.05) is 13.2 Å². The molecule has 1 heterocycles. The molecule has 2 N–H and O–H groups in total. The van der Waals surface area contributed by atoms with Gasteiger partial charge in [0.05, 0.1) is 23.4 Å². The predicted molar refractivity (Wildman–Crippen MR) is 68.3 cm³/mol.